The number of hydrogen-bond donors (Lipinski definition) is 7. The van der Waals surface area contributed by atoms with Crippen LogP contribution in [-0.2, 0) is 52.8 Å². The average molecular weight is 758 g/mol. The Bertz CT molecular complexity index is 1830. The van der Waals surface area contributed by atoms with E-state index in [2.05, 4.69) is 26.6 Å². The molecule has 15 heteroatoms. The molecule has 1 heterocycles. The SMILES string of the molecule is CC(C)=CCOc1ccc(CC2NC(=O)C(CO)NC(=O)C(Cc3ccc(O)cc3)NC(=O)CNC(=O)C(C)NC(=O)C(Cc3ccccc3)OC2=O)cc1. The molecule has 0 saturated carbocycles. The van der Waals surface area contributed by atoms with Gasteiger partial charge in [-0.25, -0.2) is 4.79 Å². The summed E-state index contributed by atoms with van der Waals surface area (Å²) in [5.74, 6) is -4.54. The van der Waals surface area contributed by atoms with Gasteiger partial charge in [0, 0.05) is 19.3 Å². The number of allylic oxidation sites excluding steroid dienone is 1. The van der Waals surface area contributed by atoms with Gasteiger partial charge in [0.2, 0.25) is 23.6 Å². The monoisotopic (exact) mass is 757 g/mol. The summed E-state index contributed by atoms with van der Waals surface area (Å²) in [5.41, 5.74) is 2.84. The maximum atomic E-state index is 14.0. The number of benzene rings is 3. The molecule has 292 valence electrons. The largest absolute Gasteiger partial charge is 0.508 e. The number of nitrogens with one attached hydrogen (secondary N) is 5. The number of esters is 1. The number of aliphatic hydroxyl groups is 1. The van der Waals surface area contributed by atoms with Crippen LogP contribution in [0.3, 0.4) is 0 Å². The van der Waals surface area contributed by atoms with Gasteiger partial charge in [0.05, 0.1) is 13.2 Å². The number of aromatic hydroxyl groups is 1. The Morgan fingerprint density at radius 3 is 1.93 bits per heavy atom. The van der Waals surface area contributed by atoms with E-state index in [4.69, 9.17) is 9.47 Å². The number of carbonyl (C=O) groups excluding carboxylic acids is 6. The van der Waals surface area contributed by atoms with Gasteiger partial charge in [-0.2, -0.15) is 0 Å². The lowest BCUT2D eigenvalue weighted by Gasteiger charge is -2.26. The Balaban J connectivity index is 1.66. The van der Waals surface area contributed by atoms with Crippen molar-refractivity contribution in [1.29, 1.82) is 0 Å². The number of phenolic OH excluding ortho intramolecular Hbond substituents is 1. The van der Waals surface area contributed by atoms with E-state index >= 15 is 0 Å². The number of carbonyl (C=O) groups is 6. The molecule has 55 heavy (non-hydrogen) atoms. The number of hydrogen-bond acceptors (Lipinski definition) is 10. The molecule has 0 bridgehead atoms. The molecule has 5 unspecified atom stereocenters. The van der Waals surface area contributed by atoms with Crippen molar-refractivity contribution in [1.82, 2.24) is 26.6 Å². The summed E-state index contributed by atoms with van der Waals surface area (Å²) >= 11 is 0. The maximum absolute atomic E-state index is 14.0. The van der Waals surface area contributed by atoms with Crippen molar-refractivity contribution in [2.75, 3.05) is 19.8 Å². The molecular weight excluding hydrogens is 710 g/mol. The zero-order valence-electron chi connectivity index (χ0n) is 30.9. The van der Waals surface area contributed by atoms with Crippen LogP contribution >= 0.6 is 0 Å². The number of phenols is 1. The van der Waals surface area contributed by atoms with E-state index in [0.717, 1.165) is 5.57 Å². The fourth-order valence-corrected chi connectivity index (χ4v) is 5.45. The summed E-state index contributed by atoms with van der Waals surface area (Å²) in [4.78, 5) is 80.8. The Morgan fingerprint density at radius 2 is 1.29 bits per heavy atom. The van der Waals surface area contributed by atoms with Gasteiger partial charge in [-0.15, -0.1) is 0 Å². The Morgan fingerprint density at radius 1 is 0.709 bits per heavy atom. The van der Waals surface area contributed by atoms with Gasteiger partial charge in [-0.05, 0) is 67.8 Å². The van der Waals surface area contributed by atoms with Crippen LogP contribution in [0.1, 0.15) is 37.5 Å². The van der Waals surface area contributed by atoms with E-state index in [1.165, 1.54) is 31.2 Å². The van der Waals surface area contributed by atoms with Crippen molar-refractivity contribution in [3.8, 4) is 11.5 Å². The first-order chi connectivity index (χ1) is 26.3. The van der Waals surface area contributed by atoms with Crippen LogP contribution in [-0.4, -0.2) is 95.7 Å². The highest BCUT2D eigenvalue weighted by atomic mass is 16.5. The summed E-state index contributed by atoms with van der Waals surface area (Å²) in [5, 5.41) is 32.4. The fraction of sp³-hybridized carbons (Fsp3) is 0.350. The summed E-state index contributed by atoms with van der Waals surface area (Å²) in [6.07, 6.45) is 0.167. The summed E-state index contributed by atoms with van der Waals surface area (Å²) in [7, 11) is 0. The highest BCUT2D eigenvalue weighted by Gasteiger charge is 2.34. The van der Waals surface area contributed by atoms with Crippen molar-refractivity contribution >= 4 is 35.5 Å². The van der Waals surface area contributed by atoms with Crippen LogP contribution in [0.25, 0.3) is 0 Å². The van der Waals surface area contributed by atoms with Crippen molar-refractivity contribution < 1.29 is 48.5 Å². The van der Waals surface area contributed by atoms with Crippen LogP contribution in [0.15, 0.2) is 90.5 Å². The predicted octanol–water partition coefficient (Wildman–Crippen LogP) is 0.758. The summed E-state index contributed by atoms with van der Waals surface area (Å²) in [6, 6.07) is 15.9. The number of amides is 5. The van der Waals surface area contributed by atoms with Crippen molar-refractivity contribution in [3.63, 3.8) is 0 Å². The Kier molecular flexibility index (Phi) is 15.3. The fourth-order valence-electron chi connectivity index (χ4n) is 5.45. The van der Waals surface area contributed by atoms with Gasteiger partial charge in [0.1, 0.15) is 42.3 Å². The summed E-state index contributed by atoms with van der Waals surface area (Å²) < 4.78 is 11.5. The molecule has 0 spiro atoms. The van der Waals surface area contributed by atoms with Crippen LogP contribution in [0.5, 0.6) is 11.5 Å². The third kappa shape index (κ3) is 13.3. The molecule has 1 aliphatic rings. The minimum atomic E-state index is -1.59. The molecule has 4 rings (SSSR count). The first kappa shape index (κ1) is 41.5. The Hall–Kier alpha value is -6.22. The van der Waals surface area contributed by atoms with Gasteiger partial charge in [-0.1, -0.05) is 60.2 Å². The maximum Gasteiger partial charge on any atom is 0.329 e. The van der Waals surface area contributed by atoms with Crippen LogP contribution < -0.4 is 31.3 Å². The van der Waals surface area contributed by atoms with Gasteiger partial charge in [0.25, 0.3) is 5.91 Å². The van der Waals surface area contributed by atoms with Crippen LogP contribution in [0.2, 0.25) is 0 Å². The number of rotatable bonds is 10. The highest BCUT2D eigenvalue weighted by Crippen LogP contribution is 2.16. The first-order valence-corrected chi connectivity index (χ1v) is 17.8. The van der Waals surface area contributed by atoms with E-state index in [-0.39, 0.29) is 25.0 Å². The lowest BCUT2D eigenvalue weighted by atomic mass is 10.0. The third-order valence-electron chi connectivity index (χ3n) is 8.54. The first-order valence-electron chi connectivity index (χ1n) is 17.8. The summed E-state index contributed by atoms with van der Waals surface area (Å²) in [6.45, 7) is 4.18. The second kappa shape index (κ2) is 20.3. The minimum Gasteiger partial charge on any atom is -0.508 e. The molecular formula is C40H47N5O10. The predicted molar refractivity (Wildman–Crippen MR) is 200 cm³/mol. The molecule has 5 atom stereocenters. The van der Waals surface area contributed by atoms with Crippen molar-refractivity contribution in [2.24, 2.45) is 0 Å². The second-order valence-corrected chi connectivity index (χ2v) is 13.3. The zero-order valence-corrected chi connectivity index (χ0v) is 30.9. The average Bonchev–Trinajstić information content (AvgIpc) is 3.16. The lowest BCUT2D eigenvalue weighted by Crippen LogP contribution is -2.59. The molecule has 1 saturated heterocycles. The third-order valence-corrected chi connectivity index (χ3v) is 8.54. The normalized spacial score (nSPS) is 21.6. The molecule has 1 fully saturated rings. The van der Waals surface area contributed by atoms with Crippen molar-refractivity contribution in [2.45, 2.75) is 70.3 Å². The van der Waals surface area contributed by atoms with Crippen molar-refractivity contribution in [3.05, 3.63) is 107 Å². The molecule has 1 aliphatic heterocycles. The van der Waals surface area contributed by atoms with E-state index in [9.17, 15) is 39.0 Å². The number of aliphatic hydroxyl groups excluding tert-OH is 1. The number of ether oxygens (including phenoxy) is 2. The van der Waals surface area contributed by atoms with Crippen LogP contribution in [0, 0.1) is 0 Å². The second-order valence-electron chi connectivity index (χ2n) is 13.3. The van der Waals surface area contributed by atoms with Gasteiger partial charge < -0.3 is 46.3 Å². The molecule has 3 aromatic carbocycles. The lowest BCUT2D eigenvalue weighted by molar-refractivity contribution is -0.159. The van der Waals surface area contributed by atoms with E-state index < -0.39 is 78.9 Å². The molecule has 0 aromatic heterocycles. The van der Waals surface area contributed by atoms with E-state index in [1.807, 2.05) is 19.9 Å². The molecule has 3 aromatic rings. The zero-order chi connectivity index (χ0) is 39.9. The van der Waals surface area contributed by atoms with Gasteiger partial charge in [-0.3, -0.25) is 24.0 Å². The topological polar surface area (TPSA) is 221 Å². The highest BCUT2D eigenvalue weighted by molar-refractivity contribution is 5.96. The molecule has 7 N–H and O–H groups in total. The van der Waals surface area contributed by atoms with E-state index in [1.54, 1.807) is 54.6 Å². The smallest absolute Gasteiger partial charge is 0.329 e. The molecule has 15 nitrogen and oxygen atoms in total. The quantitative estimate of drug-likeness (QED) is 0.114. The molecule has 5 amide bonds. The number of cyclic esters (lactones) is 1. The minimum absolute atomic E-state index is 0.0221. The van der Waals surface area contributed by atoms with E-state index in [0.29, 0.717) is 29.0 Å². The van der Waals surface area contributed by atoms with Crippen LogP contribution in [0.4, 0.5) is 0 Å². The van der Waals surface area contributed by atoms with Gasteiger partial charge >= 0.3 is 5.97 Å². The van der Waals surface area contributed by atoms with Gasteiger partial charge in [0.15, 0.2) is 6.10 Å². The Labute approximate surface area is 318 Å². The standard InChI is InChI=1S/C40H47N5O10/c1-24(2)17-18-54-30-15-11-28(12-16-30)20-32-40(53)55-34(21-26-7-5-4-6-8-26)39(52)42-25(3)36(49)41-22-35(48)43-31(19-27-9-13-29(47)14-10-27)37(50)45-33(23-46)38(51)44-32/h4-17,25,31-34,46-47H,18-23H2,1-3H3,(H,41,49)(H,42,52)(H,43,48)(H,44,51)(H,45,50). The molecule has 0 radical (unpaired) electrons. The molecule has 0 aliphatic carbocycles.